The number of aliphatic hydroxyl groups excluding tert-OH is 1. The van der Waals surface area contributed by atoms with E-state index in [0.29, 0.717) is 32.6 Å². The fourth-order valence-electron chi connectivity index (χ4n) is 7.41. The monoisotopic (exact) mass is 545 g/mol. The summed E-state index contributed by atoms with van der Waals surface area (Å²) in [6, 6.07) is -0.634. The second-order valence-electron chi connectivity index (χ2n) is 13.3. The molecule has 7 nitrogen and oxygen atoms in total. The van der Waals surface area contributed by atoms with Gasteiger partial charge >= 0.3 is 0 Å². The van der Waals surface area contributed by atoms with E-state index in [9.17, 15) is 19.5 Å². The average molecular weight is 546 g/mol. The van der Waals surface area contributed by atoms with Gasteiger partial charge in [0.1, 0.15) is 6.04 Å². The molecule has 1 unspecified atom stereocenters. The summed E-state index contributed by atoms with van der Waals surface area (Å²) < 4.78 is -0.762. The van der Waals surface area contributed by atoms with Crippen LogP contribution < -0.4 is 0 Å². The molecule has 1 N–H and O–H groups in total. The Hall–Kier alpha value is -1.80. The highest BCUT2D eigenvalue weighted by molar-refractivity contribution is 8.02. The number of rotatable bonds is 9. The first-order chi connectivity index (χ1) is 17.9. The van der Waals surface area contributed by atoms with Gasteiger partial charge in [-0.3, -0.25) is 14.4 Å². The Morgan fingerprint density at radius 1 is 0.974 bits per heavy atom. The van der Waals surface area contributed by atoms with Gasteiger partial charge < -0.3 is 19.8 Å². The van der Waals surface area contributed by atoms with Crippen LogP contribution in [-0.4, -0.2) is 91.9 Å². The Labute approximate surface area is 233 Å². The molecule has 3 amide bonds. The number of thioether (sulfide) groups is 1. The van der Waals surface area contributed by atoms with E-state index in [-0.39, 0.29) is 35.0 Å². The first-order valence-electron chi connectivity index (χ1n) is 14.4. The van der Waals surface area contributed by atoms with Crippen molar-refractivity contribution in [1.29, 1.82) is 0 Å². The Kier molecular flexibility index (Phi) is 8.44. The van der Waals surface area contributed by atoms with E-state index in [0.717, 1.165) is 25.7 Å². The maximum Gasteiger partial charge on any atom is 0.247 e. The third kappa shape index (κ3) is 5.19. The molecule has 0 bridgehead atoms. The summed E-state index contributed by atoms with van der Waals surface area (Å²) in [5.74, 6) is -1.05. The molecule has 0 saturated carbocycles. The number of aliphatic hydroxyl groups is 1. The van der Waals surface area contributed by atoms with Crippen molar-refractivity contribution in [3.63, 3.8) is 0 Å². The van der Waals surface area contributed by atoms with Crippen molar-refractivity contribution in [2.75, 3.05) is 32.8 Å². The highest BCUT2D eigenvalue weighted by Gasteiger charge is 2.71. The Bertz CT molecular complexity index is 986. The maximum atomic E-state index is 14.6. The minimum atomic E-state index is -0.762. The van der Waals surface area contributed by atoms with Gasteiger partial charge in [0.2, 0.25) is 17.7 Å². The predicted octanol–water partition coefficient (Wildman–Crippen LogP) is 3.87. The number of fused-ring (bicyclic) bond motifs is 2. The predicted molar refractivity (Wildman–Crippen MR) is 153 cm³/mol. The molecule has 38 heavy (non-hydrogen) atoms. The number of hydrogen-bond acceptors (Lipinski definition) is 5. The second kappa shape index (κ2) is 11.0. The number of amides is 3. The van der Waals surface area contributed by atoms with Gasteiger partial charge in [-0.05, 0) is 51.4 Å². The average Bonchev–Trinajstić information content (AvgIpc) is 3.12. The summed E-state index contributed by atoms with van der Waals surface area (Å²) in [5, 5.41) is 9.15. The van der Waals surface area contributed by atoms with Gasteiger partial charge in [0.25, 0.3) is 0 Å². The van der Waals surface area contributed by atoms with Crippen molar-refractivity contribution in [1.82, 2.24) is 14.7 Å². The number of nitrogens with zero attached hydrogens (tertiary/aromatic N) is 3. The summed E-state index contributed by atoms with van der Waals surface area (Å²) >= 11 is 1.66. The standard InChI is InChI=1S/C30H47N3O4S/c1-7-15-31-16-11-13-21-22(25(31)35)23-26(36)32(17-9-8-10-19-34)24-27(37)33(18-12-14-30(23,24)38-21)29(5,6)20-28(2,3)4/h11-14,21-24,34H,7-10,15-20H2,1-6H3/t21-,22+,23+,24?,30+/m1/s1. The lowest BCUT2D eigenvalue weighted by molar-refractivity contribution is -0.147. The molecule has 4 rings (SSSR count). The lowest BCUT2D eigenvalue weighted by Crippen LogP contribution is -2.58. The van der Waals surface area contributed by atoms with Gasteiger partial charge in [-0.15, -0.1) is 11.8 Å². The molecular formula is C30H47N3O4S. The van der Waals surface area contributed by atoms with Crippen LogP contribution >= 0.6 is 11.8 Å². The van der Waals surface area contributed by atoms with E-state index in [2.05, 4.69) is 65.8 Å². The minimum Gasteiger partial charge on any atom is -0.396 e. The topological polar surface area (TPSA) is 81.2 Å². The molecule has 5 atom stereocenters. The van der Waals surface area contributed by atoms with E-state index in [1.807, 2.05) is 9.80 Å². The molecule has 2 saturated heterocycles. The molecule has 0 aromatic carbocycles. The molecule has 4 heterocycles. The second-order valence-corrected chi connectivity index (χ2v) is 14.8. The van der Waals surface area contributed by atoms with Gasteiger partial charge in [0.05, 0.1) is 16.6 Å². The fraction of sp³-hybridized carbons (Fsp3) is 0.767. The molecule has 212 valence electrons. The molecule has 0 aromatic heterocycles. The van der Waals surface area contributed by atoms with Gasteiger partial charge in [-0.2, -0.15) is 0 Å². The highest BCUT2D eigenvalue weighted by atomic mass is 32.2. The van der Waals surface area contributed by atoms with Crippen LogP contribution in [0.15, 0.2) is 24.3 Å². The van der Waals surface area contributed by atoms with Crippen molar-refractivity contribution in [3.05, 3.63) is 24.3 Å². The van der Waals surface area contributed by atoms with Gasteiger partial charge in [-0.25, -0.2) is 0 Å². The van der Waals surface area contributed by atoms with Crippen LogP contribution in [0.5, 0.6) is 0 Å². The van der Waals surface area contributed by atoms with Crippen LogP contribution in [-0.2, 0) is 14.4 Å². The van der Waals surface area contributed by atoms with Crippen molar-refractivity contribution in [2.45, 2.75) is 95.2 Å². The van der Waals surface area contributed by atoms with Crippen LogP contribution in [0.2, 0.25) is 0 Å². The Morgan fingerprint density at radius 3 is 2.37 bits per heavy atom. The van der Waals surface area contributed by atoms with Crippen molar-refractivity contribution < 1.29 is 19.5 Å². The zero-order valence-corrected chi connectivity index (χ0v) is 24.9. The number of likely N-dealkylation sites (tertiary alicyclic amines) is 1. The summed E-state index contributed by atoms with van der Waals surface area (Å²) in [6.07, 6.45) is 12.3. The molecule has 1 spiro atoms. The lowest BCUT2D eigenvalue weighted by Gasteiger charge is -2.44. The number of carbonyl (C=O) groups is 3. The molecular weight excluding hydrogens is 498 g/mol. The molecule has 4 aliphatic heterocycles. The molecule has 4 aliphatic rings. The van der Waals surface area contributed by atoms with Gasteiger partial charge in [0.15, 0.2) is 0 Å². The zero-order chi connectivity index (χ0) is 27.9. The van der Waals surface area contributed by atoms with Crippen LogP contribution in [0.3, 0.4) is 0 Å². The van der Waals surface area contributed by atoms with Crippen LogP contribution in [0.4, 0.5) is 0 Å². The van der Waals surface area contributed by atoms with E-state index >= 15 is 0 Å². The fourth-order valence-corrected chi connectivity index (χ4v) is 9.42. The van der Waals surface area contributed by atoms with Crippen LogP contribution in [0.25, 0.3) is 0 Å². The molecule has 8 heteroatoms. The number of unbranched alkanes of at least 4 members (excludes halogenated alkanes) is 2. The van der Waals surface area contributed by atoms with Gasteiger partial charge in [-0.1, -0.05) is 52.0 Å². The third-order valence-electron chi connectivity index (χ3n) is 8.49. The largest absolute Gasteiger partial charge is 0.396 e. The normalized spacial score (nSPS) is 31.4. The van der Waals surface area contributed by atoms with Gasteiger partial charge in [0, 0.05) is 43.6 Å². The summed E-state index contributed by atoms with van der Waals surface area (Å²) in [7, 11) is 0. The summed E-state index contributed by atoms with van der Waals surface area (Å²) in [6.45, 7) is 15.2. The Balaban J connectivity index is 1.76. The highest BCUT2D eigenvalue weighted by Crippen LogP contribution is 2.61. The summed E-state index contributed by atoms with van der Waals surface area (Å²) in [4.78, 5) is 48.4. The Morgan fingerprint density at radius 2 is 1.71 bits per heavy atom. The van der Waals surface area contributed by atoms with Crippen molar-refractivity contribution in [2.24, 2.45) is 17.3 Å². The first kappa shape index (κ1) is 29.2. The molecule has 0 radical (unpaired) electrons. The van der Waals surface area contributed by atoms with E-state index in [4.69, 9.17) is 0 Å². The van der Waals surface area contributed by atoms with Crippen LogP contribution in [0.1, 0.15) is 73.6 Å². The summed E-state index contributed by atoms with van der Waals surface area (Å²) in [5.41, 5.74) is -0.360. The zero-order valence-electron chi connectivity index (χ0n) is 24.1. The lowest BCUT2D eigenvalue weighted by atomic mass is 9.77. The third-order valence-corrected chi connectivity index (χ3v) is 10.2. The van der Waals surface area contributed by atoms with E-state index < -0.39 is 28.2 Å². The number of carbonyl (C=O) groups excluding carboxylic acids is 3. The minimum absolute atomic E-state index is 0.00643. The SMILES string of the molecule is CCCN1CC=C[C@H]2S[C@]34C=CCN(C(C)(C)CC(C)(C)C)C(=O)C3N(CCCCCO)C(=O)[C@@H]4[C@H]2C1=O. The molecule has 0 aliphatic carbocycles. The van der Waals surface area contributed by atoms with Crippen molar-refractivity contribution in [3.8, 4) is 0 Å². The molecule has 0 aromatic rings. The maximum absolute atomic E-state index is 14.6. The quantitative estimate of drug-likeness (QED) is 0.352. The van der Waals surface area contributed by atoms with Crippen LogP contribution in [0, 0.1) is 17.3 Å². The van der Waals surface area contributed by atoms with E-state index in [1.54, 1.807) is 16.7 Å². The smallest absolute Gasteiger partial charge is 0.247 e. The van der Waals surface area contributed by atoms with Crippen molar-refractivity contribution >= 4 is 29.5 Å². The van der Waals surface area contributed by atoms with E-state index in [1.165, 1.54) is 0 Å². The first-order valence-corrected chi connectivity index (χ1v) is 15.3. The molecule has 2 fully saturated rings. The number of hydrogen-bond donors (Lipinski definition) is 1.